The summed E-state index contributed by atoms with van der Waals surface area (Å²) in [6.07, 6.45) is 0. The minimum Gasteiger partial charge on any atom is -0.329 e. The fraction of sp³-hybridized carbons (Fsp3) is 0.400. The number of benzene rings is 1. The number of nitrogens with two attached hydrogens (primary N) is 1. The molecule has 3 heteroatoms. The molecule has 0 saturated heterocycles. The van der Waals surface area contributed by atoms with Gasteiger partial charge in [0.25, 0.3) is 0 Å². The predicted molar refractivity (Wildman–Crippen MR) is 59.6 cm³/mol. The summed E-state index contributed by atoms with van der Waals surface area (Å²) in [4.78, 5) is 0. The average molecular weight is 243 g/mol. The molecule has 0 saturated carbocycles. The molecule has 0 aromatic heterocycles. The Morgan fingerprint density at radius 2 is 2.23 bits per heavy atom. The minimum absolute atomic E-state index is 0.688. The van der Waals surface area contributed by atoms with Crippen molar-refractivity contribution in [2.75, 3.05) is 13.1 Å². The second kappa shape index (κ2) is 5.37. The number of aryl methyl sites for hydroxylation is 1. The second-order valence-corrected chi connectivity index (χ2v) is 3.90. The lowest BCUT2D eigenvalue weighted by atomic mass is 10.1. The van der Waals surface area contributed by atoms with Crippen LogP contribution in [0.3, 0.4) is 0 Å². The van der Waals surface area contributed by atoms with Crippen LogP contribution >= 0.6 is 15.9 Å². The van der Waals surface area contributed by atoms with Crippen LogP contribution in [0.25, 0.3) is 0 Å². The molecule has 0 unspecified atom stereocenters. The molecule has 0 spiro atoms. The van der Waals surface area contributed by atoms with Gasteiger partial charge in [-0.15, -0.1) is 0 Å². The van der Waals surface area contributed by atoms with Crippen molar-refractivity contribution in [3.8, 4) is 0 Å². The summed E-state index contributed by atoms with van der Waals surface area (Å²) in [5, 5.41) is 3.25. The first-order chi connectivity index (χ1) is 6.24. The molecule has 1 rings (SSSR count). The molecule has 0 radical (unpaired) electrons. The third kappa shape index (κ3) is 3.46. The molecular weight excluding hydrogens is 228 g/mol. The lowest BCUT2D eigenvalue weighted by Gasteiger charge is -2.05. The molecule has 0 amide bonds. The molecule has 3 N–H and O–H groups in total. The van der Waals surface area contributed by atoms with Gasteiger partial charge in [0.15, 0.2) is 0 Å². The molecule has 1 aromatic carbocycles. The van der Waals surface area contributed by atoms with E-state index < -0.39 is 0 Å². The van der Waals surface area contributed by atoms with Crippen molar-refractivity contribution in [2.45, 2.75) is 13.5 Å². The molecule has 13 heavy (non-hydrogen) atoms. The third-order valence-electron chi connectivity index (χ3n) is 1.89. The van der Waals surface area contributed by atoms with Crippen LogP contribution in [0.1, 0.15) is 11.1 Å². The van der Waals surface area contributed by atoms with E-state index in [1.165, 1.54) is 15.6 Å². The number of nitrogens with one attached hydrogen (secondary N) is 1. The van der Waals surface area contributed by atoms with Crippen LogP contribution in [0.15, 0.2) is 22.7 Å². The first-order valence-electron chi connectivity index (χ1n) is 4.40. The SMILES string of the molecule is Cc1ccc(CNCCN)cc1Br. The van der Waals surface area contributed by atoms with Crippen molar-refractivity contribution in [3.63, 3.8) is 0 Å². The summed E-state index contributed by atoms with van der Waals surface area (Å²) in [5.41, 5.74) is 7.92. The van der Waals surface area contributed by atoms with Crippen LogP contribution in [0.5, 0.6) is 0 Å². The molecule has 72 valence electrons. The summed E-state index contributed by atoms with van der Waals surface area (Å²) in [5.74, 6) is 0. The number of halogens is 1. The molecule has 0 fully saturated rings. The van der Waals surface area contributed by atoms with Gasteiger partial charge in [-0.05, 0) is 24.1 Å². The summed E-state index contributed by atoms with van der Waals surface area (Å²) >= 11 is 3.50. The zero-order chi connectivity index (χ0) is 9.68. The van der Waals surface area contributed by atoms with Crippen molar-refractivity contribution < 1.29 is 0 Å². The summed E-state index contributed by atoms with van der Waals surface area (Å²) < 4.78 is 1.17. The van der Waals surface area contributed by atoms with Gasteiger partial charge in [0, 0.05) is 24.1 Å². The van der Waals surface area contributed by atoms with E-state index in [1.54, 1.807) is 0 Å². The quantitative estimate of drug-likeness (QED) is 0.791. The van der Waals surface area contributed by atoms with Crippen molar-refractivity contribution >= 4 is 15.9 Å². The zero-order valence-electron chi connectivity index (χ0n) is 7.81. The molecule has 0 aliphatic heterocycles. The van der Waals surface area contributed by atoms with Crippen LogP contribution in [0.4, 0.5) is 0 Å². The lowest BCUT2D eigenvalue weighted by Crippen LogP contribution is -2.21. The highest BCUT2D eigenvalue weighted by molar-refractivity contribution is 9.10. The maximum Gasteiger partial charge on any atom is 0.0207 e. The standard InChI is InChI=1S/C10H15BrN2/c1-8-2-3-9(6-10(8)11)7-13-5-4-12/h2-3,6,13H,4-5,7,12H2,1H3. The summed E-state index contributed by atoms with van der Waals surface area (Å²) in [7, 11) is 0. The van der Waals surface area contributed by atoms with Gasteiger partial charge in [-0.25, -0.2) is 0 Å². The van der Waals surface area contributed by atoms with Crippen LogP contribution in [-0.2, 0) is 6.54 Å². The van der Waals surface area contributed by atoms with Crippen molar-refractivity contribution in [1.82, 2.24) is 5.32 Å². The molecule has 0 bridgehead atoms. The van der Waals surface area contributed by atoms with E-state index in [-0.39, 0.29) is 0 Å². The number of rotatable bonds is 4. The van der Waals surface area contributed by atoms with Gasteiger partial charge in [0.1, 0.15) is 0 Å². The summed E-state index contributed by atoms with van der Waals surface area (Å²) in [6, 6.07) is 6.38. The predicted octanol–water partition coefficient (Wildman–Crippen LogP) is 1.81. The Balaban J connectivity index is 2.53. The fourth-order valence-corrected chi connectivity index (χ4v) is 1.51. The lowest BCUT2D eigenvalue weighted by molar-refractivity contribution is 0.694. The van der Waals surface area contributed by atoms with Gasteiger partial charge in [0.05, 0.1) is 0 Å². The van der Waals surface area contributed by atoms with E-state index in [1.807, 2.05) is 0 Å². The van der Waals surface area contributed by atoms with E-state index in [0.717, 1.165) is 13.1 Å². The largest absolute Gasteiger partial charge is 0.329 e. The van der Waals surface area contributed by atoms with Gasteiger partial charge >= 0.3 is 0 Å². The maximum absolute atomic E-state index is 5.37. The minimum atomic E-state index is 0.688. The highest BCUT2D eigenvalue weighted by atomic mass is 79.9. The number of hydrogen-bond donors (Lipinski definition) is 2. The van der Waals surface area contributed by atoms with Gasteiger partial charge in [-0.2, -0.15) is 0 Å². The monoisotopic (exact) mass is 242 g/mol. The molecule has 0 aliphatic rings. The normalized spacial score (nSPS) is 10.4. The fourth-order valence-electron chi connectivity index (χ4n) is 1.08. The Hall–Kier alpha value is -0.380. The highest BCUT2D eigenvalue weighted by Crippen LogP contribution is 2.17. The second-order valence-electron chi connectivity index (χ2n) is 3.05. The Morgan fingerprint density at radius 1 is 1.46 bits per heavy atom. The molecule has 0 atom stereocenters. The Bertz CT molecular complexity index is 274. The molecular formula is C10H15BrN2. The smallest absolute Gasteiger partial charge is 0.0207 e. The van der Waals surface area contributed by atoms with E-state index in [2.05, 4.69) is 46.4 Å². The van der Waals surface area contributed by atoms with E-state index >= 15 is 0 Å². The zero-order valence-corrected chi connectivity index (χ0v) is 9.39. The Morgan fingerprint density at radius 3 is 2.85 bits per heavy atom. The molecule has 2 nitrogen and oxygen atoms in total. The van der Waals surface area contributed by atoms with E-state index in [9.17, 15) is 0 Å². The topological polar surface area (TPSA) is 38.0 Å². The number of hydrogen-bond acceptors (Lipinski definition) is 2. The first-order valence-corrected chi connectivity index (χ1v) is 5.19. The molecule has 1 aromatic rings. The van der Waals surface area contributed by atoms with E-state index in [4.69, 9.17) is 5.73 Å². The van der Waals surface area contributed by atoms with Crippen molar-refractivity contribution in [1.29, 1.82) is 0 Å². The van der Waals surface area contributed by atoms with Crippen LogP contribution < -0.4 is 11.1 Å². The molecule has 0 heterocycles. The van der Waals surface area contributed by atoms with Gasteiger partial charge in [0.2, 0.25) is 0 Å². The van der Waals surface area contributed by atoms with Crippen LogP contribution in [0, 0.1) is 6.92 Å². The third-order valence-corrected chi connectivity index (χ3v) is 2.74. The molecule has 0 aliphatic carbocycles. The van der Waals surface area contributed by atoms with Gasteiger partial charge < -0.3 is 11.1 Å². The highest BCUT2D eigenvalue weighted by Gasteiger charge is 1.96. The van der Waals surface area contributed by atoms with Gasteiger partial charge in [-0.1, -0.05) is 28.1 Å². The van der Waals surface area contributed by atoms with Crippen LogP contribution in [-0.4, -0.2) is 13.1 Å². The van der Waals surface area contributed by atoms with Crippen LogP contribution in [0.2, 0.25) is 0 Å². The van der Waals surface area contributed by atoms with E-state index in [0.29, 0.717) is 6.54 Å². The van der Waals surface area contributed by atoms with Crippen molar-refractivity contribution in [2.24, 2.45) is 5.73 Å². The Kier molecular flexibility index (Phi) is 4.42. The van der Waals surface area contributed by atoms with Gasteiger partial charge in [-0.3, -0.25) is 0 Å². The summed E-state index contributed by atoms with van der Waals surface area (Å²) in [6.45, 7) is 4.52. The average Bonchev–Trinajstić information content (AvgIpc) is 2.12. The maximum atomic E-state index is 5.37. The first kappa shape index (κ1) is 10.7. The van der Waals surface area contributed by atoms with Crippen molar-refractivity contribution in [3.05, 3.63) is 33.8 Å². The Labute approximate surface area is 87.6 Å².